The first-order valence-electron chi connectivity index (χ1n) is 7.56. The quantitative estimate of drug-likeness (QED) is 0.353. The van der Waals surface area contributed by atoms with Gasteiger partial charge in [0.1, 0.15) is 6.61 Å². The number of carbonyl (C=O) groups excluding carboxylic acids is 1. The van der Waals surface area contributed by atoms with Crippen molar-refractivity contribution in [1.82, 2.24) is 0 Å². The highest BCUT2D eigenvalue weighted by atomic mass is 79.9. The molecule has 0 amide bonds. The van der Waals surface area contributed by atoms with Crippen molar-refractivity contribution >= 4 is 39.6 Å². The zero-order valence-corrected chi connectivity index (χ0v) is 16.3. The van der Waals surface area contributed by atoms with Gasteiger partial charge in [0.15, 0.2) is 18.1 Å². The first-order valence-corrected chi connectivity index (χ1v) is 8.73. The van der Waals surface area contributed by atoms with Crippen LogP contribution in [0.1, 0.15) is 11.1 Å². The van der Waals surface area contributed by atoms with Gasteiger partial charge in [0.05, 0.1) is 12.1 Å². The number of ether oxygens (including phenoxy) is 3. The number of rotatable bonds is 7. The molecule has 26 heavy (non-hydrogen) atoms. The number of terminal acetylenes is 1. The molecule has 0 heterocycles. The molecule has 0 saturated carbocycles. The van der Waals surface area contributed by atoms with Crippen LogP contribution in [0.25, 0.3) is 6.08 Å². The molecule has 0 aliphatic heterocycles. The van der Waals surface area contributed by atoms with Crippen LogP contribution in [-0.2, 0) is 16.1 Å². The minimum atomic E-state index is -0.534. The van der Waals surface area contributed by atoms with Crippen LogP contribution in [0, 0.1) is 12.3 Å². The van der Waals surface area contributed by atoms with Crippen molar-refractivity contribution in [2.45, 2.75) is 6.61 Å². The number of benzene rings is 2. The highest BCUT2D eigenvalue weighted by molar-refractivity contribution is 9.10. The van der Waals surface area contributed by atoms with E-state index < -0.39 is 5.97 Å². The third kappa shape index (κ3) is 5.83. The molecule has 0 spiro atoms. The van der Waals surface area contributed by atoms with Crippen molar-refractivity contribution in [3.8, 4) is 23.8 Å². The summed E-state index contributed by atoms with van der Waals surface area (Å²) in [6.45, 7) is 0.271. The SMILES string of the molecule is C#CCOC(=O)/C=C/c1cc(Cl)c(OCc2ccc(Br)cc2)c(OC)c1. The van der Waals surface area contributed by atoms with Gasteiger partial charge in [-0.1, -0.05) is 45.6 Å². The maximum absolute atomic E-state index is 11.5. The summed E-state index contributed by atoms with van der Waals surface area (Å²) in [6, 6.07) is 11.2. The second kappa shape index (κ2) is 9.91. The van der Waals surface area contributed by atoms with E-state index in [0.717, 1.165) is 10.0 Å². The third-order valence-electron chi connectivity index (χ3n) is 3.26. The smallest absolute Gasteiger partial charge is 0.331 e. The zero-order valence-electron chi connectivity index (χ0n) is 14.0. The van der Waals surface area contributed by atoms with Gasteiger partial charge in [-0.3, -0.25) is 0 Å². The number of hydrogen-bond donors (Lipinski definition) is 0. The van der Waals surface area contributed by atoms with E-state index >= 15 is 0 Å². The summed E-state index contributed by atoms with van der Waals surface area (Å²) in [5.41, 5.74) is 1.66. The van der Waals surface area contributed by atoms with E-state index in [0.29, 0.717) is 28.7 Å². The van der Waals surface area contributed by atoms with Gasteiger partial charge < -0.3 is 14.2 Å². The second-order valence-corrected chi connectivity index (χ2v) is 6.42. The Balaban J connectivity index is 2.13. The van der Waals surface area contributed by atoms with E-state index in [1.807, 2.05) is 24.3 Å². The van der Waals surface area contributed by atoms with E-state index in [1.165, 1.54) is 13.2 Å². The Labute approximate surface area is 165 Å². The fraction of sp³-hybridized carbons (Fsp3) is 0.150. The molecule has 0 N–H and O–H groups in total. The molecule has 0 unspecified atom stereocenters. The van der Waals surface area contributed by atoms with Crippen molar-refractivity contribution in [1.29, 1.82) is 0 Å². The van der Waals surface area contributed by atoms with Crippen molar-refractivity contribution in [2.24, 2.45) is 0 Å². The van der Waals surface area contributed by atoms with Gasteiger partial charge in [0.2, 0.25) is 0 Å². The molecule has 0 fully saturated rings. The second-order valence-electron chi connectivity index (χ2n) is 5.09. The average molecular weight is 436 g/mol. The van der Waals surface area contributed by atoms with Gasteiger partial charge in [0.25, 0.3) is 0 Å². The van der Waals surface area contributed by atoms with E-state index in [9.17, 15) is 4.79 Å². The molecule has 0 aliphatic carbocycles. The Hall–Kier alpha value is -2.42. The first-order chi connectivity index (χ1) is 12.5. The lowest BCUT2D eigenvalue weighted by Gasteiger charge is -2.13. The predicted molar refractivity (Wildman–Crippen MR) is 105 cm³/mol. The standard InChI is InChI=1S/C20H16BrClO4/c1-3-10-25-19(23)9-6-15-11-17(22)20(18(12-15)24-2)26-13-14-4-7-16(21)8-5-14/h1,4-9,11-12H,10,13H2,2H3/b9-6+. The topological polar surface area (TPSA) is 44.8 Å². The van der Waals surface area contributed by atoms with Crippen LogP contribution in [0.5, 0.6) is 11.5 Å². The summed E-state index contributed by atoms with van der Waals surface area (Å²) in [4.78, 5) is 11.5. The largest absolute Gasteiger partial charge is 0.493 e. The maximum atomic E-state index is 11.5. The number of hydrogen-bond acceptors (Lipinski definition) is 4. The number of halogens is 2. The summed E-state index contributed by atoms with van der Waals surface area (Å²) >= 11 is 9.71. The van der Waals surface area contributed by atoms with Crippen molar-refractivity contribution in [3.05, 3.63) is 63.1 Å². The first kappa shape index (κ1) is 19.9. The Morgan fingerprint density at radius 1 is 1.31 bits per heavy atom. The van der Waals surface area contributed by atoms with Gasteiger partial charge in [-0.2, -0.15) is 0 Å². The Kier molecular flexibility index (Phi) is 7.58. The molecular formula is C20H16BrClO4. The molecule has 4 nitrogen and oxygen atoms in total. The highest BCUT2D eigenvalue weighted by Gasteiger charge is 2.12. The fourth-order valence-electron chi connectivity index (χ4n) is 2.04. The zero-order chi connectivity index (χ0) is 18.9. The number of methoxy groups -OCH3 is 1. The summed E-state index contributed by atoms with van der Waals surface area (Å²) in [7, 11) is 1.52. The lowest BCUT2D eigenvalue weighted by Crippen LogP contribution is -2.00. The monoisotopic (exact) mass is 434 g/mol. The fourth-order valence-corrected chi connectivity index (χ4v) is 2.58. The Morgan fingerprint density at radius 3 is 2.69 bits per heavy atom. The minimum absolute atomic E-state index is 0.0733. The number of carbonyl (C=O) groups is 1. The van der Waals surface area contributed by atoms with Crippen LogP contribution in [0.4, 0.5) is 0 Å². The normalized spacial score (nSPS) is 10.4. The average Bonchev–Trinajstić information content (AvgIpc) is 2.64. The summed E-state index contributed by atoms with van der Waals surface area (Å²) in [6.07, 6.45) is 7.86. The van der Waals surface area contributed by atoms with Gasteiger partial charge in [0, 0.05) is 10.5 Å². The van der Waals surface area contributed by atoms with E-state index in [1.54, 1.807) is 18.2 Å². The summed E-state index contributed by atoms with van der Waals surface area (Å²) in [5.74, 6) is 2.59. The molecule has 0 saturated heterocycles. The number of esters is 1. The molecule has 0 aliphatic rings. The predicted octanol–water partition coefficient (Wildman–Crippen LogP) is 4.88. The van der Waals surface area contributed by atoms with Crippen LogP contribution in [0.2, 0.25) is 5.02 Å². The Morgan fingerprint density at radius 2 is 2.04 bits per heavy atom. The van der Waals surface area contributed by atoms with Gasteiger partial charge >= 0.3 is 5.97 Å². The van der Waals surface area contributed by atoms with Crippen molar-refractivity contribution in [3.63, 3.8) is 0 Å². The molecule has 0 bridgehead atoms. The molecule has 0 atom stereocenters. The summed E-state index contributed by atoms with van der Waals surface area (Å²) < 4.78 is 16.9. The lowest BCUT2D eigenvalue weighted by atomic mass is 10.2. The molecule has 2 rings (SSSR count). The van der Waals surface area contributed by atoms with Crippen molar-refractivity contribution in [2.75, 3.05) is 13.7 Å². The minimum Gasteiger partial charge on any atom is -0.493 e. The van der Waals surface area contributed by atoms with E-state index in [-0.39, 0.29) is 6.61 Å². The molecule has 134 valence electrons. The summed E-state index contributed by atoms with van der Waals surface area (Å²) in [5, 5.41) is 0.373. The van der Waals surface area contributed by atoms with Crippen LogP contribution in [0.3, 0.4) is 0 Å². The van der Waals surface area contributed by atoms with Crippen LogP contribution >= 0.6 is 27.5 Å². The molecular weight excluding hydrogens is 420 g/mol. The Bertz CT molecular complexity index is 838. The van der Waals surface area contributed by atoms with Crippen LogP contribution in [-0.4, -0.2) is 19.7 Å². The van der Waals surface area contributed by atoms with Crippen LogP contribution < -0.4 is 9.47 Å². The van der Waals surface area contributed by atoms with Crippen LogP contribution in [0.15, 0.2) is 46.9 Å². The molecule has 0 aromatic heterocycles. The molecule has 0 radical (unpaired) electrons. The molecule has 2 aromatic carbocycles. The lowest BCUT2D eigenvalue weighted by molar-refractivity contribution is -0.136. The van der Waals surface area contributed by atoms with Crippen molar-refractivity contribution < 1.29 is 19.0 Å². The van der Waals surface area contributed by atoms with Gasteiger partial charge in [-0.25, -0.2) is 4.79 Å². The third-order valence-corrected chi connectivity index (χ3v) is 4.07. The van der Waals surface area contributed by atoms with Gasteiger partial charge in [-0.15, -0.1) is 6.42 Å². The van der Waals surface area contributed by atoms with E-state index in [4.69, 9.17) is 32.2 Å². The molecule has 6 heteroatoms. The van der Waals surface area contributed by atoms with E-state index in [2.05, 4.69) is 21.9 Å². The highest BCUT2D eigenvalue weighted by Crippen LogP contribution is 2.37. The maximum Gasteiger partial charge on any atom is 0.331 e. The molecule has 2 aromatic rings. The van der Waals surface area contributed by atoms with Gasteiger partial charge in [-0.05, 0) is 41.5 Å².